The molecule has 7 heteroatoms. The van der Waals surface area contributed by atoms with Crippen molar-refractivity contribution < 1.29 is 17.2 Å². The van der Waals surface area contributed by atoms with Gasteiger partial charge in [0.25, 0.3) is 5.92 Å². The largest absolute Gasteiger partial charge is 0.399 e. The number of alkyl halides is 2. The second kappa shape index (κ2) is 4.47. The Bertz CT molecular complexity index is 546. The van der Waals surface area contributed by atoms with E-state index in [2.05, 4.69) is 0 Å². The molecule has 0 atom stereocenters. The molecular weight excluding hydrogens is 262 g/mol. The monoisotopic (exact) mass is 276 g/mol. The molecule has 0 unspecified atom stereocenters. The highest BCUT2D eigenvalue weighted by atomic mass is 32.2. The number of hydrogen-bond acceptors (Lipinski definition) is 3. The minimum absolute atomic E-state index is 0.0415. The average molecular weight is 276 g/mol. The van der Waals surface area contributed by atoms with Crippen LogP contribution in [0.2, 0.25) is 0 Å². The lowest BCUT2D eigenvalue weighted by atomic mass is 10.1. The molecule has 18 heavy (non-hydrogen) atoms. The van der Waals surface area contributed by atoms with Gasteiger partial charge in [0, 0.05) is 18.7 Å². The SMILES string of the molecule is Nc1cccc(S(=O)(=O)N2CCCC(F)(F)C2)c1. The third-order valence-electron chi connectivity index (χ3n) is 2.85. The lowest BCUT2D eigenvalue weighted by molar-refractivity contribution is -0.0434. The van der Waals surface area contributed by atoms with Gasteiger partial charge in [-0.15, -0.1) is 0 Å². The molecule has 2 rings (SSSR count). The predicted octanol–water partition coefficient (Wildman–Crippen LogP) is 1.69. The topological polar surface area (TPSA) is 63.4 Å². The van der Waals surface area contributed by atoms with Crippen molar-refractivity contribution >= 4 is 15.7 Å². The van der Waals surface area contributed by atoms with E-state index in [1.165, 1.54) is 18.2 Å². The summed E-state index contributed by atoms with van der Waals surface area (Å²) in [6, 6.07) is 5.68. The van der Waals surface area contributed by atoms with Crippen LogP contribution in [0.15, 0.2) is 29.2 Å². The van der Waals surface area contributed by atoms with Gasteiger partial charge in [0.05, 0.1) is 11.4 Å². The highest BCUT2D eigenvalue weighted by Crippen LogP contribution is 2.30. The fraction of sp³-hybridized carbons (Fsp3) is 0.455. The number of nitrogens with two attached hydrogens (primary N) is 1. The van der Waals surface area contributed by atoms with E-state index < -0.39 is 22.5 Å². The molecule has 0 saturated carbocycles. The van der Waals surface area contributed by atoms with Crippen LogP contribution < -0.4 is 5.73 Å². The van der Waals surface area contributed by atoms with Gasteiger partial charge in [0.15, 0.2) is 0 Å². The first-order chi connectivity index (χ1) is 8.31. The van der Waals surface area contributed by atoms with Crippen LogP contribution >= 0.6 is 0 Å². The van der Waals surface area contributed by atoms with Crippen LogP contribution in [-0.2, 0) is 10.0 Å². The zero-order chi connectivity index (χ0) is 13.4. The number of hydrogen-bond donors (Lipinski definition) is 1. The molecule has 0 aromatic heterocycles. The summed E-state index contributed by atoms with van der Waals surface area (Å²) in [6.45, 7) is -0.642. The molecule has 0 aliphatic carbocycles. The van der Waals surface area contributed by atoms with Crippen LogP contribution in [0.5, 0.6) is 0 Å². The van der Waals surface area contributed by atoms with Gasteiger partial charge in [-0.1, -0.05) is 6.07 Å². The minimum Gasteiger partial charge on any atom is -0.399 e. The second-order valence-electron chi connectivity index (χ2n) is 4.37. The van der Waals surface area contributed by atoms with Crippen LogP contribution in [0, 0.1) is 0 Å². The highest BCUT2D eigenvalue weighted by Gasteiger charge is 2.40. The summed E-state index contributed by atoms with van der Waals surface area (Å²) in [5, 5.41) is 0. The number of rotatable bonds is 2. The predicted molar refractivity (Wildman–Crippen MR) is 63.8 cm³/mol. The molecule has 1 saturated heterocycles. The molecule has 1 heterocycles. The van der Waals surface area contributed by atoms with Gasteiger partial charge in [-0.25, -0.2) is 17.2 Å². The minimum atomic E-state index is -3.88. The van der Waals surface area contributed by atoms with E-state index in [-0.39, 0.29) is 24.3 Å². The normalized spacial score (nSPS) is 20.8. The van der Waals surface area contributed by atoms with Crippen molar-refractivity contribution in [2.45, 2.75) is 23.7 Å². The molecule has 0 amide bonds. The highest BCUT2D eigenvalue weighted by molar-refractivity contribution is 7.89. The summed E-state index contributed by atoms with van der Waals surface area (Å²) in [5.41, 5.74) is 5.80. The van der Waals surface area contributed by atoms with Crippen molar-refractivity contribution in [3.8, 4) is 0 Å². The molecule has 1 aliphatic heterocycles. The number of piperidine rings is 1. The van der Waals surface area contributed by atoms with Crippen molar-refractivity contribution in [3.63, 3.8) is 0 Å². The van der Waals surface area contributed by atoms with Gasteiger partial charge in [-0.3, -0.25) is 0 Å². The number of halogens is 2. The summed E-state index contributed by atoms with van der Waals surface area (Å²) in [4.78, 5) is -0.0415. The quantitative estimate of drug-likeness (QED) is 0.836. The first-order valence-electron chi connectivity index (χ1n) is 5.55. The van der Waals surface area contributed by atoms with Crippen molar-refractivity contribution in [1.82, 2.24) is 4.31 Å². The first-order valence-corrected chi connectivity index (χ1v) is 6.99. The van der Waals surface area contributed by atoms with E-state index in [0.717, 1.165) is 4.31 Å². The van der Waals surface area contributed by atoms with E-state index in [4.69, 9.17) is 5.73 Å². The average Bonchev–Trinajstić information content (AvgIpc) is 2.27. The van der Waals surface area contributed by atoms with Gasteiger partial charge in [0.1, 0.15) is 0 Å². The van der Waals surface area contributed by atoms with E-state index >= 15 is 0 Å². The third-order valence-corrected chi connectivity index (χ3v) is 4.69. The molecule has 2 N–H and O–H groups in total. The summed E-state index contributed by atoms with van der Waals surface area (Å²) in [6.07, 6.45) is -0.107. The van der Waals surface area contributed by atoms with Gasteiger partial charge in [-0.2, -0.15) is 4.31 Å². The van der Waals surface area contributed by atoms with Crippen molar-refractivity contribution in [2.75, 3.05) is 18.8 Å². The fourth-order valence-electron chi connectivity index (χ4n) is 1.96. The third kappa shape index (κ3) is 2.62. The van der Waals surface area contributed by atoms with Crippen LogP contribution in [0.4, 0.5) is 14.5 Å². The zero-order valence-corrected chi connectivity index (χ0v) is 10.5. The fourth-order valence-corrected chi connectivity index (χ4v) is 3.52. The van der Waals surface area contributed by atoms with Crippen LogP contribution in [0.1, 0.15) is 12.8 Å². The Kier molecular flexibility index (Phi) is 3.29. The molecule has 4 nitrogen and oxygen atoms in total. The number of benzene rings is 1. The van der Waals surface area contributed by atoms with Gasteiger partial charge < -0.3 is 5.73 Å². The van der Waals surface area contributed by atoms with E-state index in [9.17, 15) is 17.2 Å². The number of sulfonamides is 1. The van der Waals surface area contributed by atoms with Crippen molar-refractivity contribution in [2.24, 2.45) is 0 Å². The molecule has 100 valence electrons. The summed E-state index contributed by atoms with van der Waals surface area (Å²) < 4.78 is 51.7. The van der Waals surface area contributed by atoms with Crippen LogP contribution in [-0.4, -0.2) is 31.7 Å². The lowest BCUT2D eigenvalue weighted by Gasteiger charge is -2.31. The van der Waals surface area contributed by atoms with Gasteiger partial charge in [0.2, 0.25) is 10.0 Å². The standard InChI is InChI=1S/C11H14F2N2O2S/c12-11(13)5-2-6-15(8-11)18(16,17)10-4-1-3-9(14)7-10/h1,3-4,7H,2,5-6,8,14H2. The smallest absolute Gasteiger partial charge is 0.261 e. The molecule has 1 aromatic carbocycles. The Morgan fingerprint density at radius 3 is 2.67 bits per heavy atom. The number of nitrogens with zero attached hydrogens (tertiary/aromatic N) is 1. The summed E-state index contributed by atoms with van der Waals surface area (Å²) in [7, 11) is -3.88. The Labute approximate surface area is 104 Å². The summed E-state index contributed by atoms with van der Waals surface area (Å²) >= 11 is 0. The van der Waals surface area contributed by atoms with E-state index in [0.29, 0.717) is 5.69 Å². The van der Waals surface area contributed by atoms with E-state index in [1.807, 2.05) is 0 Å². The molecule has 0 radical (unpaired) electrons. The lowest BCUT2D eigenvalue weighted by Crippen LogP contribution is -2.45. The second-order valence-corrected chi connectivity index (χ2v) is 6.31. The summed E-state index contributed by atoms with van der Waals surface area (Å²) in [5.74, 6) is -2.95. The zero-order valence-electron chi connectivity index (χ0n) is 9.64. The molecule has 0 bridgehead atoms. The Balaban J connectivity index is 2.31. The Hall–Kier alpha value is -1.21. The van der Waals surface area contributed by atoms with Gasteiger partial charge in [-0.05, 0) is 24.6 Å². The Morgan fingerprint density at radius 1 is 1.33 bits per heavy atom. The van der Waals surface area contributed by atoms with Crippen LogP contribution in [0.3, 0.4) is 0 Å². The molecule has 1 aliphatic rings. The van der Waals surface area contributed by atoms with Crippen LogP contribution in [0.25, 0.3) is 0 Å². The molecular formula is C11H14F2N2O2S. The maximum absolute atomic E-state index is 13.2. The maximum Gasteiger partial charge on any atom is 0.261 e. The number of nitrogen functional groups attached to an aromatic ring is 1. The molecule has 0 spiro atoms. The molecule has 1 fully saturated rings. The van der Waals surface area contributed by atoms with Crippen molar-refractivity contribution in [1.29, 1.82) is 0 Å². The first kappa shape index (κ1) is 13.2. The Morgan fingerprint density at radius 2 is 2.06 bits per heavy atom. The van der Waals surface area contributed by atoms with E-state index in [1.54, 1.807) is 6.07 Å². The van der Waals surface area contributed by atoms with Crippen molar-refractivity contribution in [3.05, 3.63) is 24.3 Å². The number of anilines is 1. The molecule has 1 aromatic rings. The van der Waals surface area contributed by atoms with Gasteiger partial charge >= 0.3 is 0 Å². The maximum atomic E-state index is 13.2.